The summed E-state index contributed by atoms with van der Waals surface area (Å²) < 4.78 is 0. The van der Waals surface area contributed by atoms with Gasteiger partial charge in [0.15, 0.2) is 0 Å². The van der Waals surface area contributed by atoms with Crippen LogP contribution in [0.5, 0.6) is 0 Å². The van der Waals surface area contributed by atoms with E-state index in [9.17, 15) is 0 Å². The van der Waals surface area contributed by atoms with Crippen molar-refractivity contribution in [3.05, 3.63) is 29.0 Å². The molecule has 1 aromatic heterocycles. The van der Waals surface area contributed by atoms with Gasteiger partial charge in [-0.2, -0.15) is 0 Å². The van der Waals surface area contributed by atoms with Crippen LogP contribution in [-0.2, 0) is 6.54 Å². The van der Waals surface area contributed by atoms with Gasteiger partial charge in [-0.15, -0.1) is 0 Å². The molecule has 2 rings (SSSR count). The van der Waals surface area contributed by atoms with Crippen molar-refractivity contribution in [1.29, 1.82) is 0 Å². The Bertz CT molecular complexity index is 336. The van der Waals surface area contributed by atoms with Crippen molar-refractivity contribution in [2.75, 3.05) is 6.54 Å². The van der Waals surface area contributed by atoms with E-state index in [0.717, 1.165) is 24.5 Å². The zero-order valence-electron chi connectivity index (χ0n) is 7.74. The molecule has 0 spiro atoms. The van der Waals surface area contributed by atoms with E-state index in [1.165, 1.54) is 12.0 Å². The Kier molecular flexibility index (Phi) is 2.99. The molecule has 0 aromatic carbocycles. The van der Waals surface area contributed by atoms with E-state index >= 15 is 0 Å². The molecule has 1 aliphatic heterocycles. The number of hydrogen-bond donors (Lipinski definition) is 0. The molecule has 0 aliphatic carbocycles. The van der Waals surface area contributed by atoms with Gasteiger partial charge >= 0.3 is 0 Å². The molecule has 0 saturated carbocycles. The van der Waals surface area contributed by atoms with Gasteiger partial charge in [0.1, 0.15) is 5.15 Å². The molecule has 0 radical (unpaired) electrons. The Labute approximate surface area is 93.9 Å². The monoisotopic (exact) mass is 226 g/mol. The summed E-state index contributed by atoms with van der Waals surface area (Å²) in [6, 6.07) is 3.81. The van der Waals surface area contributed by atoms with Crippen LogP contribution in [0.1, 0.15) is 18.4 Å². The molecular formula is C10H11ClN2S. The molecular weight excluding hydrogens is 216 g/mol. The van der Waals surface area contributed by atoms with E-state index in [-0.39, 0.29) is 0 Å². The number of rotatable bonds is 2. The van der Waals surface area contributed by atoms with E-state index in [1.807, 2.05) is 18.3 Å². The Morgan fingerprint density at radius 1 is 1.50 bits per heavy atom. The predicted molar refractivity (Wildman–Crippen MR) is 61.5 cm³/mol. The third-order valence-electron chi connectivity index (χ3n) is 2.33. The van der Waals surface area contributed by atoms with Gasteiger partial charge in [-0.25, -0.2) is 4.98 Å². The molecule has 0 unspecified atom stereocenters. The number of aromatic nitrogens is 1. The highest BCUT2D eigenvalue weighted by Crippen LogP contribution is 2.15. The summed E-state index contributed by atoms with van der Waals surface area (Å²) >= 11 is 11.0. The van der Waals surface area contributed by atoms with Crippen molar-refractivity contribution < 1.29 is 0 Å². The maximum Gasteiger partial charge on any atom is 0.129 e. The summed E-state index contributed by atoms with van der Waals surface area (Å²) in [6.45, 7) is 1.93. The van der Waals surface area contributed by atoms with Crippen molar-refractivity contribution >= 4 is 28.8 Å². The van der Waals surface area contributed by atoms with Crippen molar-refractivity contribution in [3.8, 4) is 0 Å². The molecule has 1 aliphatic rings. The maximum atomic E-state index is 5.71. The third-order valence-corrected chi connectivity index (χ3v) is 3.02. The summed E-state index contributed by atoms with van der Waals surface area (Å²) in [7, 11) is 0. The van der Waals surface area contributed by atoms with E-state index < -0.39 is 0 Å². The summed E-state index contributed by atoms with van der Waals surface area (Å²) in [5, 5.41) is 0.540. The Morgan fingerprint density at radius 2 is 2.36 bits per heavy atom. The molecule has 14 heavy (non-hydrogen) atoms. The standard InChI is InChI=1S/C10H11ClN2S/c11-9-4-3-8(6-12-9)7-13-5-1-2-10(13)14/h3-4,6H,1-2,5,7H2. The first-order chi connectivity index (χ1) is 6.75. The SMILES string of the molecule is S=C1CCCN1Cc1ccc(Cl)nc1. The molecule has 1 saturated heterocycles. The molecule has 1 fully saturated rings. The zero-order valence-corrected chi connectivity index (χ0v) is 9.31. The molecule has 4 heteroatoms. The number of nitrogens with zero attached hydrogens (tertiary/aromatic N) is 2. The van der Waals surface area contributed by atoms with Crippen LogP contribution in [0.4, 0.5) is 0 Å². The minimum atomic E-state index is 0.540. The quantitative estimate of drug-likeness (QED) is 0.570. The fourth-order valence-corrected chi connectivity index (χ4v) is 2.00. The van der Waals surface area contributed by atoms with Gasteiger partial charge in [-0.05, 0) is 24.5 Å². The summed E-state index contributed by atoms with van der Waals surface area (Å²) in [4.78, 5) is 7.33. The fourth-order valence-electron chi connectivity index (χ4n) is 1.59. The first-order valence-electron chi connectivity index (χ1n) is 4.64. The van der Waals surface area contributed by atoms with Crippen molar-refractivity contribution in [2.45, 2.75) is 19.4 Å². The van der Waals surface area contributed by atoms with E-state index in [1.54, 1.807) is 0 Å². The molecule has 2 nitrogen and oxygen atoms in total. The smallest absolute Gasteiger partial charge is 0.129 e. The zero-order chi connectivity index (χ0) is 9.97. The van der Waals surface area contributed by atoms with Gasteiger partial charge in [0.2, 0.25) is 0 Å². The normalized spacial score (nSPS) is 16.4. The minimum absolute atomic E-state index is 0.540. The van der Waals surface area contributed by atoms with Crippen molar-refractivity contribution in [2.24, 2.45) is 0 Å². The molecule has 74 valence electrons. The van der Waals surface area contributed by atoms with Crippen LogP contribution in [0.15, 0.2) is 18.3 Å². The molecule has 0 amide bonds. The lowest BCUT2D eigenvalue weighted by molar-refractivity contribution is 0.453. The van der Waals surface area contributed by atoms with Gasteiger partial charge < -0.3 is 4.90 Å². The Morgan fingerprint density at radius 3 is 2.93 bits per heavy atom. The van der Waals surface area contributed by atoms with Crippen LogP contribution in [0.25, 0.3) is 0 Å². The average Bonchev–Trinajstić information content (AvgIpc) is 2.56. The molecule has 0 N–H and O–H groups in total. The van der Waals surface area contributed by atoms with Crippen LogP contribution in [-0.4, -0.2) is 21.4 Å². The lowest BCUT2D eigenvalue weighted by Gasteiger charge is -2.17. The van der Waals surface area contributed by atoms with Crippen molar-refractivity contribution in [3.63, 3.8) is 0 Å². The van der Waals surface area contributed by atoms with Gasteiger partial charge in [-0.3, -0.25) is 0 Å². The van der Waals surface area contributed by atoms with Gasteiger partial charge in [0.05, 0.1) is 4.99 Å². The summed E-state index contributed by atoms with van der Waals surface area (Å²) in [5.74, 6) is 0. The van der Waals surface area contributed by atoms with Crippen molar-refractivity contribution in [1.82, 2.24) is 9.88 Å². The number of halogens is 1. The van der Waals surface area contributed by atoms with Gasteiger partial charge in [-0.1, -0.05) is 29.9 Å². The highest BCUT2D eigenvalue weighted by Gasteiger charge is 2.16. The number of pyridine rings is 1. The average molecular weight is 227 g/mol. The largest absolute Gasteiger partial charge is 0.362 e. The lowest BCUT2D eigenvalue weighted by Crippen LogP contribution is -2.22. The number of likely N-dealkylation sites (tertiary alicyclic amines) is 1. The molecule has 2 heterocycles. The molecule has 0 atom stereocenters. The second kappa shape index (κ2) is 4.24. The second-order valence-corrected chi connectivity index (χ2v) is 4.27. The van der Waals surface area contributed by atoms with E-state index in [4.69, 9.17) is 23.8 Å². The Hall–Kier alpha value is -0.670. The second-order valence-electron chi connectivity index (χ2n) is 3.41. The highest BCUT2D eigenvalue weighted by molar-refractivity contribution is 7.80. The van der Waals surface area contributed by atoms with E-state index in [2.05, 4.69) is 9.88 Å². The van der Waals surface area contributed by atoms with Crippen LogP contribution in [0, 0.1) is 0 Å². The van der Waals surface area contributed by atoms with Gasteiger partial charge in [0.25, 0.3) is 0 Å². The predicted octanol–water partition coefficient (Wildman–Crippen LogP) is 2.66. The van der Waals surface area contributed by atoms with Gasteiger partial charge in [0, 0.05) is 19.3 Å². The fraction of sp³-hybridized carbons (Fsp3) is 0.400. The van der Waals surface area contributed by atoms with Crippen LogP contribution < -0.4 is 0 Å². The minimum Gasteiger partial charge on any atom is -0.362 e. The topological polar surface area (TPSA) is 16.1 Å². The first-order valence-corrected chi connectivity index (χ1v) is 5.42. The molecule has 0 bridgehead atoms. The van der Waals surface area contributed by atoms with E-state index in [0.29, 0.717) is 5.15 Å². The third kappa shape index (κ3) is 2.22. The highest BCUT2D eigenvalue weighted by atomic mass is 35.5. The molecule has 1 aromatic rings. The van der Waals surface area contributed by atoms with Crippen LogP contribution >= 0.6 is 23.8 Å². The maximum absolute atomic E-state index is 5.71. The lowest BCUT2D eigenvalue weighted by atomic mass is 10.3. The number of thiocarbonyl (C=S) groups is 1. The summed E-state index contributed by atoms with van der Waals surface area (Å²) in [5.41, 5.74) is 1.17. The number of hydrogen-bond acceptors (Lipinski definition) is 2. The Balaban J connectivity index is 2.03. The summed E-state index contributed by atoms with van der Waals surface area (Å²) in [6.07, 6.45) is 4.04. The first kappa shape index (κ1) is 9.87. The van der Waals surface area contributed by atoms with Crippen LogP contribution in [0.3, 0.4) is 0 Å². The van der Waals surface area contributed by atoms with Crippen LogP contribution in [0.2, 0.25) is 5.15 Å².